The van der Waals surface area contributed by atoms with Gasteiger partial charge in [0.15, 0.2) is 0 Å². The van der Waals surface area contributed by atoms with E-state index in [1.807, 2.05) is 17.0 Å². The molecule has 0 spiro atoms. The first-order chi connectivity index (χ1) is 13.1. The summed E-state index contributed by atoms with van der Waals surface area (Å²) in [5.74, 6) is -0.120. The standard InChI is InChI=1S/C20H28N4O3/c1-21-6-8-22(9-7-21)17-2-4-18(5-3-17)24-15-16(14-19(24)25)20(26)23-10-12-27-13-11-23/h2-5,16H,6-15H2,1H3. The van der Waals surface area contributed by atoms with Crippen molar-refractivity contribution in [3.63, 3.8) is 0 Å². The molecule has 146 valence electrons. The van der Waals surface area contributed by atoms with E-state index in [0.29, 0.717) is 39.3 Å². The third-order valence-corrected chi connectivity index (χ3v) is 5.83. The van der Waals surface area contributed by atoms with Crippen LogP contribution in [0.4, 0.5) is 11.4 Å². The molecule has 27 heavy (non-hydrogen) atoms. The van der Waals surface area contributed by atoms with Crippen LogP contribution in [0.2, 0.25) is 0 Å². The van der Waals surface area contributed by atoms with Gasteiger partial charge in [0.2, 0.25) is 11.8 Å². The summed E-state index contributed by atoms with van der Waals surface area (Å²) in [6, 6.07) is 8.19. The van der Waals surface area contributed by atoms with Crippen molar-refractivity contribution in [1.82, 2.24) is 9.80 Å². The molecular formula is C20H28N4O3. The molecule has 7 heteroatoms. The van der Waals surface area contributed by atoms with Gasteiger partial charge in [-0.3, -0.25) is 9.59 Å². The van der Waals surface area contributed by atoms with Crippen molar-refractivity contribution < 1.29 is 14.3 Å². The zero-order valence-electron chi connectivity index (χ0n) is 16.0. The summed E-state index contributed by atoms with van der Waals surface area (Å²) in [4.78, 5) is 33.5. The van der Waals surface area contributed by atoms with Gasteiger partial charge in [-0.25, -0.2) is 0 Å². The second-order valence-corrected chi connectivity index (χ2v) is 7.65. The highest BCUT2D eigenvalue weighted by atomic mass is 16.5. The molecule has 3 heterocycles. The number of rotatable bonds is 3. The highest BCUT2D eigenvalue weighted by Crippen LogP contribution is 2.28. The second-order valence-electron chi connectivity index (χ2n) is 7.65. The van der Waals surface area contributed by atoms with E-state index >= 15 is 0 Å². The Labute approximate surface area is 160 Å². The molecule has 3 aliphatic heterocycles. The van der Waals surface area contributed by atoms with Crippen molar-refractivity contribution in [3.05, 3.63) is 24.3 Å². The lowest BCUT2D eigenvalue weighted by atomic mass is 10.1. The Hall–Kier alpha value is -2.12. The van der Waals surface area contributed by atoms with Crippen molar-refractivity contribution in [1.29, 1.82) is 0 Å². The number of piperazine rings is 1. The van der Waals surface area contributed by atoms with E-state index in [1.54, 1.807) is 4.90 Å². The van der Waals surface area contributed by atoms with Gasteiger partial charge in [0.1, 0.15) is 0 Å². The van der Waals surface area contributed by atoms with Crippen LogP contribution in [0, 0.1) is 5.92 Å². The van der Waals surface area contributed by atoms with Crippen LogP contribution in [0.1, 0.15) is 6.42 Å². The van der Waals surface area contributed by atoms with E-state index in [9.17, 15) is 9.59 Å². The molecular weight excluding hydrogens is 344 g/mol. The number of hydrogen-bond donors (Lipinski definition) is 0. The fraction of sp³-hybridized carbons (Fsp3) is 0.600. The van der Waals surface area contributed by atoms with Gasteiger partial charge in [-0.05, 0) is 31.3 Å². The average Bonchev–Trinajstić information content (AvgIpc) is 3.10. The number of carbonyl (C=O) groups excluding carboxylic acids is 2. The number of benzene rings is 1. The van der Waals surface area contributed by atoms with E-state index in [1.165, 1.54) is 5.69 Å². The summed E-state index contributed by atoms with van der Waals surface area (Å²) >= 11 is 0. The van der Waals surface area contributed by atoms with E-state index < -0.39 is 0 Å². The van der Waals surface area contributed by atoms with Crippen molar-refractivity contribution in [2.45, 2.75) is 6.42 Å². The van der Waals surface area contributed by atoms with Crippen LogP contribution in [0.5, 0.6) is 0 Å². The van der Waals surface area contributed by atoms with Crippen molar-refractivity contribution in [3.8, 4) is 0 Å². The lowest BCUT2D eigenvalue weighted by Gasteiger charge is -2.34. The van der Waals surface area contributed by atoms with Crippen LogP contribution in [-0.2, 0) is 14.3 Å². The summed E-state index contributed by atoms with van der Waals surface area (Å²) in [5, 5.41) is 0. The molecule has 0 N–H and O–H groups in total. The van der Waals surface area contributed by atoms with Gasteiger partial charge < -0.3 is 24.3 Å². The highest BCUT2D eigenvalue weighted by Gasteiger charge is 2.37. The first kappa shape index (κ1) is 18.3. The smallest absolute Gasteiger partial charge is 0.228 e. The highest BCUT2D eigenvalue weighted by molar-refractivity contribution is 6.00. The Morgan fingerprint density at radius 3 is 2.26 bits per heavy atom. The summed E-state index contributed by atoms with van der Waals surface area (Å²) in [6.45, 7) is 7.09. The predicted octanol–water partition coefficient (Wildman–Crippen LogP) is 0.650. The van der Waals surface area contributed by atoms with Gasteiger partial charge in [-0.1, -0.05) is 0 Å². The predicted molar refractivity (Wildman–Crippen MR) is 104 cm³/mol. The Morgan fingerprint density at radius 1 is 0.963 bits per heavy atom. The minimum absolute atomic E-state index is 0.0361. The van der Waals surface area contributed by atoms with Crippen LogP contribution < -0.4 is 9.80 Å². The maximum Gasteiger partial charge on any atom is 0.228 e. The monoisotopic (exact) mass is 372 g/mol. The summed E-state index contributed by atoms with van der Waals surface area (Å²) < 4.78 is 5.31. The van der Waals surface area contributed by atoms with E-state index in [-0.39, 0.29) is 17.7 Å². The Bertz CT molecular complexity index is 679. The lowest BCUT2D eigenvalue weighted by molar-refractivity contribution is -0.139. The Morgan fingerprint density at radius 2 is 1.59 bits per heavy atom. The van der Waals surface area contributed by atoms with Crippen molar-refractivity contribution in [2.75, 3.05) is 75.9 Å². The molecule has 7 nitrogen and oxygen atoms in total. The summed E-state index contributed by atoms with van der Waals surface area (Å²) in [7, 11) is 2.15. The number of hydrogen-bond acceptors (Lipinski definition) is 5. The normalized spacial score (nSPS) is 24.6. The van der Waals surface area contributed by atoms with Gasteiger partial charge in [0.05, 0.1) is 19.1 Å². The molecule has 0 radical (unpaired) electrons. The van der Waals surface area contributed by atoms with Gasteiger partial charge >= 0.3 is 0 Å². The van der Waals surface area contributed by atoms with Gasteiger partial charge in [0, 0.05) is 63.6 Å². The van der Waals surface area contributed by atoms with Gasteiger partial charge in [-0.15, -0.1) is 0 Å². The molecule has 1 aromatic rings. The molecule has 0 aliphatic carbocycles. The number of nitrogens with zero attached hydrogens (tertiary/aromatic N) is 4. The van der Waals surface area contributed by atoms with Crippen LogP contribution in [-0.4, -0.2) is 87.7 Å². The van der Waals surface area contributed by atoms with E-state index in [0.717, 1.165) is 31.9 Å². The Kier molecular flexibility index (Phi) is 5.31. The Balaban J connectivity index is 1.39. The van der Waals surface area contributed by atoms with E-state index in [4.69, 9.17) is 4.74 Å². The molecule has 0 aromatic heterocycles. The molecule has 1 atom stereocenters. The fourth-order valence-corrected chi connectivity index (χ4v) is 4.07. The minimum atomic E-state index is -0.243. The number of anilines is 2. The topological polar surface area (TPSA) is 56.3 Å². The molecule has 3 saturated heterocycles. The molecule has 0 saturated carbocycles. The number of likely N-dealkylation sites (N-methyl/N-ethyl adjacent to an activating group) is 1. The SMILES string of the molecule is CN1CCN(c2ccc(N3CC(C(=O)N4CCOCC4)CC3=O)cc2)CC1. The molecule has 1 unspecified atom stereocenters. The van der Waals surface area contributed by atoms with Gasteiger partial charge in [-0.2, -0.15) is 0 Å². The van der Waals surface area contributed by atoms with E-state index in [2.05, 4.69) is 29.0 Å². The van der Waals surface area contributed by atoms with Crippen LogP contribution in [0.15, 0.2) is 24.3 Å². The average molecular weight is 372 g/mol. The van der Waals surface area contributed by atoms with Crippen LogP contribution in [0.3, 0.4) is 0 Å². The number of carbonyl (C=O) groups is 2. The zero-order valence-corrected chi connectivity index (χ0v) is 16.0. The number of morpholine rings is 1. The largest absolute Gasteiger partial charge is 0.378 e. The zero-order chi connectivity index (χ0) is 18.8. The minimum Gasteiger partial charge on any atom is -0.378 e. The van der Waals surface area contributed by atoms with Gasteiger partial charge in [0.25, 0.3) is 0 Å². The maximum atomic E-state index is 12.7. The second kappa shape index (κ2) is 7.86. The molecule has 0 bridgehead atoms. The van der Waals surface area contributed by atoms with Crippen LogP contribution >= 0.6 is 0 Å². The summed E-state index contributed by atoms with van der Waals surface area (Å²) in [5.41, 5.74) is 2.08. The number of amides is 2. The van der Waals surface area contributed by atoms with Crippen molar-refractivity contribution in [2.24, 2.45) is 5.92 Å². The maximum absolute atomic E-state index is 12.7. The first-order valence-corrected chi connectivity index (χ1v) is 9.82. The molecule has 1 aromatic carbocycles. The third kappa shape index (κ3) is 3.94. The number of ether oxygens (including phenoxy) is 1. The molecule has 3 fully saturated rings. The quantitative estimate of drug-likeness (QED) is 0.780. The van der Waals surface area contributed by atoms with Crippen LogP contribution in [0.25, 0.3) is 0 Å². The fourth-order valence-electron chi connectivity index (χ4n) is 4.07. The third-order valence-electron chi connectivity index (χ3n) is 5.83. The lowest BCUT2D eigenvalue weighted by Crippen LogP contribution is -2.44. The molecule has 4 rings (SSSR count). The summed E-state index contributed by atoms with van der Waals surface area (Å²) in [6.07, 6.45) is 0.302. The molecule has 3 aliphatic rings. The van der Waals surface area contributed by atoms with Crippen molar-refractivity contribution >= 4 is 23.2 Å². The molecule has 2 amide bonds. The first-order valence-electron chi connectivity index (χ1n) is 9.82.